The van der Waals surface area contributed by atoms with Crippen molar-refractivity contribution in [1.82, 2.24) is 30.2 Å². The summed E-state index contributed by atoms with van der Waals surface area (Å²) in [5.74, 6) is 0.266. The molecule has 2 fully saturated rings. The van der Waals surface area contributed by atoms with Crippen molar-refractivity contribution in [3.63, 3.8) is 0 Å². The van der Waals surface area contributed by atoms with E-state index in [4.69, 9.17) is 45.8 Å². The Bertz CT molecular complexity index is 1780. The van der Waals surface area contributed by atoms with E-state index in [0.29, 0.717) is 18.1 Å². The number of unbranched alkanes of at least 4 members (excludes halogenated alkanes) is 1. The molecule has 1 unspecified atom stereocenters. The molecule has 258 valence electrons. The average molecular weight is 696 g/mol. The maximum atomic E-state index is 13.5. The Hall–Kier alpha value is -5.06. The zero-order chi connectivity index (χ0) is 34.5. The van der Waals surface area contributed by atoms with Crippen molar-refractivity contribution >= 4 is 29.8 Å². The lowest BCUT2D eigenvalue weighted by molar-refractivity contribution is -0.0990. The highest BCUT2D eigenvalue weighted by atomic mass is 35.5. The van der Waals surface area contributed by atoms with Crippen LogP contribution in [-0.2, 0) is 41.4 Å². The molecule has 2 aliphatic heterocycles. The van der Waals surface area contributed by atoms with Crippen LogP contribution in [0.15, 0.2) is 48.5 Å². The van der Waals surface area contributed by atoms with Gasteiger partial charge in [0.2, 0.25) is 12.1 Å². The first-order valence-corrected chi connectivity index (χ1v) is 16.0. The Morgan fingerprint density at radius 3 is 2.37 bits per heavy atom. The summed E-state index contributed by atoms with van der Waals surface area (Å²) in [4.78, 5) is 41.6. The van der Waals surface area contributed by atoms with E-state index < -0.39 is 48.9 Å². The summed E-state index contributed by atoms with van der Waals surface area (Å²) in [5.41, 5.74) is 8.69. The summed E-state index contributed by atoms with van der Waals surface area (Å²) in [6.45, 7) is 3.72. The van der Waals surface area contributed by atoms with Crippen LogP contribution in [0.2, 0.25) is 5.15 Å². The molecule has 49 heavy (non-hydrogen) atoms. The largest absolute Gasteiger partial charge is 0.511 e. The number of aromatic nitrogens is 6. The zero-order valence-corrected chi connectivity index (χ0v) is 27.4. The van der Waals surface area contributed by atoms with Gasteiger partial charge >= 0.3 is 18.2 Å². The van der Waals surface area contributed by atoms with Gasteiger partial charge in [-0.1, -0.05) is 73.5 Å². The van der Waals surface area contributed by atoms with E-state index in [-0.39, 0.29) is 30.6 Å². The monoisotopic (exact) mass is 695 g/mol. The number of hydrogen-bond acceptors (Lipinski definition) is 13. The third-order valence-electron chi connectivity index (χ3n) is 8.08. The molecule has 0 radical (unpaired) electrons. The summed E-state index contributed by atoms with van der Waals surface area (Å²) >= 11 is 6.51. The number of carbonyl (C=O) groups is 3. The first-order chi connectivity index (χ1) is 23.7. The van der Waals surface area contributed by atoms with E-state index in [9.17, 15) is 14.4 Å². The van der Waals surface area contributed by atoms with Crippen LogP contribution >= 0.6 is 11.6 Å². The molecule has 0 aliphatic carbocycles. The van der Waals surface area contributed by atoms with Gasteiger partial charge in [0, 0.05) is 25.5 Å². The van der Waals surface area contributed by atoms with Crippen LogP contribution in [0.3, 0.4) is 0 Å². The van der Waals surface area contributed by atoms with Crippen LogP contribution < -0.4 is 5.73 Å². The number of nitrogens with one attached hydrogen (secondary N) is 1. The van der Waals surface area contributed by atoms with Crippen molar-refractivity contribution in [2.45, 2.75) is 70.4 Å². The third-order valence-corrected chi connectivity index (χ3v) is 8.35. The zero-order valence-electron chi connectivity index (χ0n) is 26.6. The lowest BCUT2D eigenvalue weighted by Crippen LogP contribution is -2.37. The summed E-state index contributed by atoms with van der Waals surface area (Å²) in [5, 5.41) is 14.4. The third kappa shape index (κ3) is 7.66. The summed E-state index contributed by atoms with van der Waals surface area (Å²) < 4.78 is 33.9. The molecule has 5 atom stereocenters. The standard InChI is InChI=1S/C32H34ClN7O9/c1-3-4-9-24-35-28(33)25(30(41)46-17(2)47-32(43)49-23-16-45-26-22(48-31(34)42)15-44-27(23)26)40(24)14-18-10-12-19(13-11-18)20-7-5-6-8-21(20)29-36-38-39-37-29/h5-8,10-13,17,22-23,26-27H,3-4,9,14-16H2,1-2H3,(H2,34,42)(H,36,37,38,39)/t17?,22-,23+,26-,27-/m1/s1. The van der Waals surface area contributed by atoms with Gasteiger partial charge < -0.3 is 38.7 Å². The molecule has 4 aromatic rings. The lowest BCUT2D eigenvalue weighted by Gasteiger charge is -2.19. The molecule has 16 nitrogen and oxygen atoms in total. The number of carbonyl (C=O) groups excluding carboxylic acids is 3. The normalized spacial score (nSPS) is 20.4. The van der Waals surface area contributed by atoms with Gasteiger partial charge in [0.15, 0.2) is 23.1 Å². The quantitative estimate of drug-likeness (QED) is 0.122. The molecular formula is C32H34ClN7O9. The molecular weight excluding hydrogens is 662 g/mol. The van der Waals surface area contributed by atoms with Crippen molar-refractivity contribution in [3.05, 3.63) is 70.8 Å². The van der Waals surface area contributed by atoms with Gasteiger partial charge in [0.1, 0.15) is 18.0 Å². The van der Waals surface area contributed by atoms with Gasteiger partial charge in [-0.2, -0.15) is 5.21 Å². The van der Waals surface area contributed by atoms with Gasteiger partial charge in [-0.25, -0.2) is 19.4 Å². The van der Waals surface area contributed by atoms with Gasteiger partial charge in [-0.3, -0.25) is 0 Å². The topological polar surface area (TPSA) is 205 Å². The molecule has 4 heterocycles. The number of rotatable bonds is 12. The number of nitrogens with two attached hydrogens (primary N) is 1. The Morgan fingerprint density at radius 1 is 1.02 bits per heavy atom. The Labute approximate surface area is 285 Å². The number of ether oxygens (including phenoxy) is 6. The first-order valence-electron chi connectivity index (χ1n) is 15.7. The van der Waals surface area contributed by atoms with Crippen molar-refractivity contribution in [1.29, 1.82) is 0 Å². The van der Waals surface area contributed by atoms with E-state index in [1.54, 1.807) is 4.57 Å². The second-order valence-corrected chi connectivity index (χ2v) is 11.8. The fourth-order valence-corrected chi connectivity index (χ4v) is 6.11. The Kier molecular flexibility index (Phi) is 10.4. The molecule has 0 bridgehead atoms. The molecule has 0 spiro atoms. The van der Waals surface area contributed by atoms with Gasteiger partial charge in [0.25, 0.3) is 0 Å². The highest BCUT2D eigenvalue weighted by Crippen LogP contribution is 2.32. The molecule has 2 saturated heterocycles. The fraction of sp³-hybridized carbons (Fsp3) is 0.406. The number of primary amides is 1. The Morgan fingerprint density at radius 2 is 1.71 bits per heavy atom. The predicted octanol–water partition coefficient (Wildman–Crippen LogP) is 4.06. The van der Waals surface area contributed by atoms with Crippen LogP contribution in [0.1, 0.15) is 48.6 Å². The minimum absolute atomic E-state index is 0.0150. The van der Waals surface area contributed by atoms with Gasteiger partial charge in [-0.05, 0) is 28.3 Å². The van der Waals surface area contributed by atoms with Crippen molar-refractivity contribution in [2.24, 2.45) is 5.73 Å². The molecule has 0 saturated carbocycles. The number of imidazole rings is 1. The van der Waals surface area contributed by atoms with E-state index >= 15 is 0 Å². The number of H-pyrrole nitrogens is 1. The van der Waals surface area contributed by atoms with E-state index in [0.717, 1.165) is 35.1 Å². The molecule has 2 aliphatic rings. The molecule has 2 aromatic heterocycles. The summed E-state index contributed by atoms with van der Waals surface area (Å²) in [7, 11) is 0. The maximum absolute atomic E-state index is 13.5. The van der Waals surface area contributed by atoms with Crippen LogP contribution in [0.4, 0.5) is 9.59 Å². The smallest absolute Gasteiger partial charge is 0.441 e. The number of amides is 1. The number of tetrazole rings is 1. The Balaban J connectivity index is 1.12. The van der Waals surface area contributed by atoms with Crippen molar-refractivity contribution in [2.75, 3.05) is 13.2 Å². The highest BCUT2D eigenvalue weighted by molar-refractivity contribution is 6.32. The summed E-state index contributed by atoms with van der Waals surface area (Å²) in [6, 6.07) is 15.6. The van der Waals surface area contributed by atoms with Crippen molar-refractivity contribution in [3.8, 4) is 22.5 Å². The van der Waals surface area contributed by atoms with Gasteiger partial charge in [0.05, 0.1) is 13.2 Å². The molecule has 6 rings (SSSR count). The fourth-order valence-electron chi connectivity index (χ4n) is 5.83. The number of aromatic amines is 1. The number of fused-ring (bicyclic) bond motifs is 1. The highest BCUT2D eigenvalue weighted by Gasteiger charge is 2.51. The second kappa shape index (κ2) is 15.0. The maximum Gasteiger partial charge on any atom is 0.511 e. The minimum atomic E-state index is -1.34. The number of halogens is 1. The number of esters is 1. The van der Waals surface area contributed by atoms with E-state index in [1.165, 1.54) is 6.92 Å². The lowest BCUT2D eigenvalue weighted by atomic mass is 9.98. The predicted molar refractivity (Wildman–Crippen MR) is 170 cm³/mol. The SMILES string of the molecule is CCCCc1nc(Cl)c(C(=O)OC(C)OC(=O)O[C@H]2CO[C@H]3[C@@H]2OC[C@H]3OC(N)=O)n1Cc1ccc(-c2ccccc2-c2nn[nH]n2)cc1. The second-order valence-electron chi connectivity index (χ2n) is 11.4. The first kappa shape index (κ1) is 33.8. The molecule has 1 amide bonds. The average Bonchev–Trinajstić information content (AvgIpc) is 3.87. The molecule has 2 aromatic carbocycles. The molecule has 17 heteroatoms. The molecule has 3 N–H and O–H groups in total. The van der Waals surface area contributed by atoms with Crippen LogP contribution in [0, 0.1) is 0 Å². The van der Waals surface area contributed by atoms with E-state index in [2.05, 4.69) is 32.5 Å². The number of benzene rings is 2. The van der Waals surface area contributed by atoms with Crippen LogP contribution in [-0.4, -0.2) is 92.3 Å². The number of aryl methyl sites for hydroxylation is 1. The van der Waals surface area contributed by atoms with Crippen LogP contribution in [0.5, 0.6) is 0 Å². The van der Waals surface area contributed by atoms with Crippen LogP contribution in [0.25, 0.3) is 22.5 Å². The summed E-state index contributed by atoms with van der Waals surface area (Å²) in [6.07, 6.45) is -3.99. The minimum Gasteiger partial charge on any atom is -0.441 e. The number of hydrogen-bond donors (Lipinski definition) is 2. The van der Waals surface area contributed by atoms with Gasteiger partial charge in [-0.15, -0.1) is 10.2 Å². The number of nitrogens with zero attached hydrogens (tertiary/aromatic N) is 5. The van der Waals surface area contributed by atoms with E-state index in [1.807, 2.05) is 48.5 Å². The van der Waals surface area contributed by atoms with Crippen molar-refractivity contribution < 1.29 is 42.8 Å².